The highest BCUT2D eigenvalue weighted by Gasteiger charge is 2.20. The Morgan fingerprint density at radius 3 is 2.89 bits per heavy atom. The summed E-state index contributed by atoms with van der Waals surface area (Å²) in [5, 5.41) is 3.83. The fourth-order valence-corrected chi connectivity index (χ4v) is 5.86. The van der Waals surface area contributed by atoms with Crippen LogP contribution in [-0.4, -0.2) is 15.9 Å². The summed E-state index contributed by atoms with van der Waals surface area (Å²) in [5.74, 6) is -0.105. The minimum Gasteiger partial charge on any atom is -0.367 e. The van der Waals surface area contributed by atoms with E-state index in [-0.39, 0.29) is 17.0 Å². The molecular weight excluding hydrogens is 500 g/mol. The lowest BCUT2D eigenvalue weighted by Crippen LogP contribution is -2.20. The van der Waals surface area contributed by atoms with Crippen molar-refractivity contribution in [3.8, 4) is 0 Å². The number of para-hydroxylation sites is 1. The van der Waals surface area contributed by atoms with Gasteiger partial charge in [-0.1, -0.05) is 49.9 Å². The van der Waals surface area contributed by atoms with Gasteiger partial charge in [0.1, 0.15) is 10.6 Å². The van der Waals surface area contributed by atoms with E-state index in [2.05, 4.69) is 52.8 Å². The first-order valence-corrected chi connectivity index (χ1v) is 13.5. The van der Waals surface area contributed by atoms with E-state index in [1.54, 1.807) is 17.4 Å². The van der Waals surface area contributed by atoms with Gasteiger partial charge >= 0.3 is 0 Å². The number of hydrogen-bond donors (Lipinski definition) is 3. The fourth-order valence-electron chi connectivity index (χ4n) is 3.96. The van der Waals surface area contributed by atoms with Gasteiger partial charge in [0.2, 0.25) is 0 Å². The number of nitrogens with one attached hydrogen (secondary N) is 3. The normalized spacial score (nSPS) is 16.0. The maximum Gasteiger partial charge on any atom is 0.261 e. The Morgan fingerprint density at radius 2 is 2.08 bits per heavy atom. The van der Waals surface area contributed by atoms with Crippen molar-refractivity contribution in [3.05, 3.63) is 124 Å². The summed E-state index contributed by atoms with van der Waals surface area (Å²) in [6.45, 7) is 6.34. The van der Waals surface area contributed by atoms with Crippen LogP contribution in [0.5, 0.6) is 0 Å². The average Bonchev–Trinajstić information content (AvgIpc) is 3.33. The second-order valence-corrected chi connectivity index (χ2v) is 10.8. The summed E-state index contributed by atoms with van der Waals surface area (Å²) in [5.41, 5.74) is 3.65. The van der Waals surface area contributed by atoms with Crippen LogP contribution in [0.4, 0.5) is 5.69 Å². The van der Waals surface area contributed by atoms with Gasteiger partial charge in [-0.15, -0.1) is 11.3 Å². The molecule has 2 aromatic carbocycles. The summed E-state index contributed by atoms with van der Waals surface area (Å²) < 4.78 is 4.75. The van der Waals surface area contributed by atoms with Crippen LogP contribution in [0.2, 0.25) is 0 Å². The number of H-pyrrole nitrogens is 1. The molecule has 0 fully saturated rings. The molecule has 4 aromatic rings. The molecule has 8 heteroatoms. The molecule has 0 saturated carbocycles. The zero-order valence-corrected chi connectivity index (χ0v) is 21.9. The van der Waals surface area contributed by atoms with Crippen LogP contribution in [0, 0.1) is 5.92 Å². The van der Waals surface area contributed by atoms with Gasteiger partial charge in [-0.2, -0.15) is 0 Å². The van der Waals surface area contributed by atoms with Crippen LogP contribution in [0.15, 0.2) is 113 Å². The maximum absolute atomic E-state index is 12.6. The first-order chi connectivity index (χ1) is 18.0. The number of benzene rings is 2. The minimum atomic E-state index is -0.449. The van der Waals surface area contributed by atoms with E-state index in [0.29, 0.717) is 11.6 Å². The standard InChI is InChI=1S/C29H26N4O2S2/c1-18-10-11-20(14-19(18)2)15-25(29-32-24-8-3-4-9-27(24)36-29)33-37-22-7-5-6-21(16-22)31-28(35)23-17-30-13-12-26(23)34/h3-14,16-18,25,33H,2,15H2,1H3,(H,30,34)(H,31,35). The molecule has 0 spiro atoms. The molecule has 5 rings (SSSR count). The Kier molecular flexibility index (Phi) is 7.50. The fraction of sp³-hybridized carbons (Fsp3) is 0.138. The molecule has 6 nitrogen and oxygen atoms in total. The molecule has 2 aromatic heterocycles. The monoisotopic (exact) mass is 526 g/mol. The van der Waals surface area contributed by atoms with Crippen molar-refractivity contribution in [2.24, 2.45) is 5.92 Å². The van der Waals surface area contributed by atoms with Gasteiger partial charge in [0.05, 0.1) is 16.3 Å². The zero-order valence-electron chi connectivity index (χ0n) is 20.2. The maximum atomic E-state index is 12.6. The van der Waals surface area contributed by atoms with Gasteiger partial charge in [-0.25, -0.2) is 9.71 Å². The van der Waals surface area contributed by atoms with E-state index in [1.165, 1.54) is 36.0 Å². The molecular formula is C29H26N4O2S2. The Morgan fingerprint density at radius 1 is 1.22 bits per heavy atom. The van der Waals surface area contributed by atoms with E-state index >= 15 is 0 Å². The van der Waals surface area contributed by atoms with Crippen molar-refractivity contribution in [1.82, 2.24) is 14.7 Å². The predicted octanol–water partition coefficient (Wildman–Crippen LogP) is 6.65. The van der Waals surface area contributed by atoms with Crippen LogP contribution in [0.1, 0.15) is 34.8 Å². The Balaban J connectivity index is 1.34. The van der Waals surface area contributed by atoms with Crippen LogP contribution < -0.4 is 15.5 Å². The highest BCUT2D eigenvalue weighted by atomic mass is 32.2. The summed E-state index contributed by atoms with van der Waals surface area (Å²) >= 11 is 3.18. The Bertz CT molecular complexity index is 1550. The molecule has 0 radical (unpaired) electrons. The van der Waals surface area contributed by atoms with Gasteiger partial charge < -0.3 is 10.3 Å². The number of thiazole rings is 1. The SMILES string of the molecule is C=C1C=C(CC(NSc2cccc(NC(=O)c3c[nH]ccc3=O)c2)c2nc3ccccc3s2)C=CC1C. The van der Waals surface area contributed by atoms with E-state index in [4.69, 9.17) is 4.98 Å². The topological polar surface area (TPSA) is 86.9 Å². The van der Waals surface area contributed by atoms with Gasteiger partial charge in [0.15, 0.2) is 5.43 Å². The number of carbonyl (C=O) groups is 1. The van der Waals surface area contributed by atoms with Crippen LogP contribution in [-0.2, 0) is 0 Å². The molecule has 2 heterocycles. The number of pyridine rings is 1. The number of carbonyl (C=O) groups excluding carboxylic acids is 1. The third kappa shape index (κ3) is 5.99. The van der Waals surface area contributed by atoms with Crippen LogP contribution >= 0.6 is 23.3 Å². The molecule has 37 heavy (non-hydrogen) atoms. The zero-order chi connectivity index (χ0) is 25.8. The van der Waals surface area contributed by atoms with Crippen molar-refractivity contribution in [3.63, 3.8) is 0 Å². The molecule has 0 bridgehead atoms. The summed E-state index contributed by atoms with van der Waals surface area (Å²) in [7, 11) is 0. The van der Waals surface area contributed by atoms with Crippen molar-refractivity contribution >= 4 is 45.1 Å². The number of anilines is 1. The third-order valence-electron chi connectivity index (χ3n) is 6.08. The smallest absolute Gasteiger partial charge is 0.261 e. The van der Waals surface area contributed by atoms with Gasteiger partial charge in [-0.05, 0) is 65.8 Å². The lowest BCUT2D eigenvalue weighted by Gasteiger charge is -2.20. The van der Waals surface area contributed by atoms with Crippen LogP contribution in [0.3, 0.4) is 0 Å². The van der Waals surface area contributed by atoms with E-state index < -0.39 is 5.91 Å². The molecule has 0 saturated heterocycles. The molecule has 2 atom stereocenters. The Labute approximate surface area is 223 Å². The number of amides is 1. The van der Waals surface area contributed by atoms with Gasteiger partial charge in [0, 0.05) is 29.0 Å². The highest BCUT2D eigenvalue weighted by Crippen LogP contribution is 2.34. The number of nitrogens with zero attached hydrogens (tertiary/aromatic N) is 1. The second kappa shape index (κ2) is 11.1. The average molecular weight is 527 g/mol. The molecule has 3 N–H and O–H groups in total. The van der Waals surface area contributed by atoms with E-state index in [0.717, 1.165) is 32.1 Å². The predicted molar refractivity (Wildman–Crippen MR) is 153 cm³/mol. The van der Waals surface area contributed by atoms with Gasteiger partial charge in [-0.3, -0.25) is 9.59 Å². The van der Waals surface area contributed by atoms with Crippen LogP contribution in [0.25, 0.3) is 10.2 Å². The van der Waals surface area contributed by atoms with Crippen molar-refractivity contribution in [2.45, 2.75) is 24.3 Å². The largest absolute Gasteiger partial charge is 0.367 e. The number of aromatic nitrogens is 2. The first kappa shape index (κ1) is 25.0. The minimum absolute atomic E-state index is 0.0272. The van der Waals surface area contributed by atoms with Crippen molar-refractivity contribution in [1.29, 1.82) is 0 Å². The summed E-state index contributed by atoms with van der Waals surface area (Å²) in [6.07, 6.45) is 10.2. The molecule has 1 amide bonds. The quantitative estimate of drug-likeness (QED) is 0.224. The molecule has 186 valence electrons. The number of hydrogen-bond acceptors (Lipinski definition) is 6. The Hall–Kier alpha value is -3.72. The van der Waals surface area contributed by atoms with Crippen molar-refractivity contribution < 1.29 is 4.79 Å². The number of rotatable bonds is 8. The molecule has 1 aliphatic rings. The molecule has 2 unspecified atom stereocenters. The number of allylic oxidation sites excluding steroid dienone is 4. The van der Waals surface area contributed by atoms with E-state index in [9.17, 15) is 9.59 Å². The third-order valence-corrected chi connectivity index (χ3v) is 8.12. The van der Waals surface area contributed by atoms with E-state index in [1.807, 2.05) is 36.4 Å². The van der Waals surface area contributed by atoms with Gasteiger partial charge in [0.25, 0.3) is 5.91 Å². The lowest BCUT2D eigenvalue weighted by atomic mass is 9.91. The molecule has 0 aliphatic heterocycles. The summed E-state index contributed by atoms with van der Waals surface area (Å²) in [6, 6.07) is 17.0. The molecule has 1 aliphatic carbocycles. The second-order valence-electron chi connectivity index (χ2n) is 8.84. The first-order valence-electron chi connectivity index (χ1n) is 11.9. The number of aromatic amines is 1. The highest BCUT2D eigenvalue weighted by molar-refractivity contribution is 7.97. The number of fused-ring (bicyclic) bond motifs is 1. The van der Waals surface area contributed by atoms with Crippen molar-refractivity contribution in [2.75, 3.05) is 5.32 Å². The lowest BCUT2D eigenvalue weighted by molar-refractivity contribution is 0.102. The summed E-state index contributed by atoms with van der Waals surface area (Å²) in [4.78, 5) is 33.2.